The number of aromatic nitrogens is 2. The van der Waals surface area contributed by atoms with Crippen molar-refractivity contribution < 1.29 is 13.5 Å². The average Bonchev–Trinajstić information content (AvgIpc) is 2.27. The summed E-state index contributed by atoms with van der Waals surface area (Å²) in [6, 6.07) is 2.33. The summed E-state index contributed by atoms with van der Waals surface area (Å²) in [5.74, 6) is -2.20. The summed E-state index contributed by atoms with van der Waals surface area (Å²) in [7, 11) is 0. The third-order valence-electron chi connectivity index (χ3n) is 1.71. The maximum Gasteiger partial charge on any atom is 0.237 e. The van der Waals surface area contributed by atoms with Crippen molar-refractivity contribution in [3.05, 3.63) is 46.8 Å². The van der Waals surface area contributed by atoms with Crippen LogP contribution in [0.4, 0.5) is 8.78 Å². The Morgan fingerprint density at radius 3 is 2.69 bits per heavy atom. The summed E-state index contributed by atoms with van der Waals surface area (Å²) in [5, 5.41) is 0. The maximum atomic E-state index is 13.3. The van der Waals surface area contributed by atoms with Gasteiger partial charge in [0.05, 0.1) is 6.20 Å². The number of halogens is 3. The van der Waals surface area contributed by atoms with E-state index in [0.717, 1.165) is 6.07 Å². The molecule has 0 atom stereocenters. The Hall–Kier alpha value is -1.56. The number of rotatable bonds is 2. The molecule has 1 aromatic heterocycles. The van der Waals surface area contributed by atoms with Gasteiger partial charge in [-0.3, -0.25) is 4.98 Å². The van der Waals surface area contributed by atoms with Crippen LogP contribution in [0.2, 0.25) is 0 Å². The van der Waals surface area contributed by atoms with E-state index in [2.05, 4.69) is 25.9 Å². The van der Waals surface area contributed by atoms with E-state index < -0.39 is 11.6 Å². The summed E-state index contributed by atoms with van der Waals surface area (Å²) >= 11 is 3.04. The second-order valence-corrected chi connectivity index (χ2v) is 3.76. The van der Waals surface area contributed by atoms with E-state index in [4.69, 9.17) is 4.74 Å². The molecular formula is C10H5BrF2N2O. The van der Waals surface area contributed by atoms with E-state index in [0.29, 0.717) is 4.47 Å². The van der Waals surface area contributed by atoms with Crippen LogP contribution in [0.1, 0.15) is 0 Å². The second-order valence-electron chi connectivity index (χ2n) is 2.85. The van der Waals surface area contributed by atoms with Gasteiger partial charge in [-0.25, -0.2) is 9.37 Å². The van der Waals surface area contributed by atoms with Crippen LogP contribution in [-0.4, -0.2) is 9.97 Å². The van der Waals surface area contributed by atoms with E-state index in [1.165, 1.54) is 24.7 Å². The van der Waals surface area contributed by atoms with Crippen LogP contribution in [-0.2, 0) is 0 Å². The zero-order chi connectivity index (χ0) is 11.5. The predicted octanol–water partition coefficient (Wildman–Crippen LogP) is 3.31. The van der Waals surface area contributed by atoms with Crippen molar-refractivity contribution >= 4 is 15.9 Å². The minimum atomic E-state index is -1.06. The third-order valence-corrected chi connectivity index (χ3v) is 2.17. The molecule has 0 fully saturated rings. The summed E-state index contributed by atoms with van der Waals surface area (Å²) in [5.41, 5.74) is 0. The van der Waals surface area contributed by atoms with Crippen LogP contribution >= 0.6 is 15.9 Å². The fourth-order valence-electron chi connectivity index (χ4n) is 1.06. The van der Waals surface area contributed by atoms with Crippen molar-refractivity contribution in [1.29, 1.82) is 0 Å². The maximum absolute atomic E-state index is 13.3. The predicted molar refractivity (Wildman–Crippen MR) is 56.2 cm³/mol. The minimum Gasteiger partial charge on any atom is -0.434 e. The van der Waals surface area contributed by atoms with Gasteiger partial charge in [0.25, 0.3) is 0 Å². The van der Waals surface area contributed by atoms with Crippen LogP contribution < -0.4 is 4.74 Å². The molecule has 0 saturated carbocycles. The fraction of sp³-hybridized carbons (Fsp3) is 0. The third kappa shape index (κ3) is 2.33. The smallest absolute Gasteiger partial charge is 0.237 e. The first-order valence-corrected chi connectivity index (χ1v) is 5.04. The van der Waals surface area contributed by atoms with Crippen molar-refractivity contribution in [1.82, 2.24) is 9.97 Å². The SMILES string of the molecule is Fc1cc(Br)cc(Oc2cnccn2)c1F. The number of hydrogen-bond acceptors (Lipinski definition) is 3. The molecule has 2 aromatic rings. The Morgan fingerprint density at radius 2 is 2.00 bits per heavy atom. The lowest BCUT2D eigenvalue weighted by molar-refractivity contribution is 0.403. The average molecular weight is 287 g/mol. The van der Waals surface area contributed by atoms with Crippen molar-refractivity contribution in [3.8, 4) is 11.6 Å². The minimum absolute atomic E-state index is 0.0962. The lowest BCUT2D eigenvalue weighted by Gasteiger charge is -2.06. The van der Waals surface area contributed by atoms with Crippen molar-refractivity contribution in [2.24, 2.45) is 0 Å². The van der Waals surface area contributed by atoms with Crippen LogP contribution in [0.15, 0.2) is 35.2 Å². The first kappa shape index (κ1) is 10.9. The van der Waals surface area contributed by atoms with Crippen LogP contribution in [0, 0.1) is 11.6 Å². The highest BCUT2D eigenvalue weighted by molar-refractivity contribution is 9.10. The molecule has 1 aromatic carbocycles. The van der Waals surface area contributed by atoms with E-state index in [-0.39, 0.29) is 11.6 Å². The van der Waals surface area contributed by atoms with Gasteiger partial charge in [-0.15, -0.1) is 0 Å². The van der Waals surface area contributed by atoms with Crippen molar-refractivity contribution in [2.45, 2.75) is 0 Å². The lowest BCUT2D eigenvalue weighted by Crippen LogP contribution is -1.94. The molecule has 0 saturated heterocycles. The molecule has 6 heteroatoms. The highest BCUT2D eigenvalue weighted by atomic mass is 79.9. The van der Waals surface area contributed by atoms with E-state index in [1.807, 2.05) is 0 Å². The van der Waals surface area contributed by atoms with E-state index in [1.54, 1.807) is 0 Å². The molecule has 0 radical (unpaired) electrons. The Labute approximate surface area is 98.2 Å². The molecule has 0 bridgehead atoms. The number of benzene rings is 1. The fourth-order valence-corrected chi connectivity index (χ4v) is 1.47. The zero-order valence-electron chi connectivity index (χ0n) is 7.82. The molecule has 3 nitrogen and oxygen atoms in total. The lowest BCUT2D eigenvalue weighted by atomic mass is 10.3. The van der Waals surface area contributed by atoms with Crippen LogP contribution in [0.5, 0.6) is 11.6 Å². The van der Waals surface area contributed by atoms with Crippen molar-refractivity contribution in [3.63, 3.8) is 0 Å². The standard InChI is InChI=1S/C10H5BrF2N2O/c11-6-3-7(12)10(13)8(4-6)16-9-5-14-1-2-15-9/h1-5H. The summed E-state index contributed by atoms with van der Waals surface area (Å²) in [6.07, 6.45) is 4.14. The molecule has 0 N–H and O–H groups in total. The Bertz CT molecular complexity index is 508. The molecule has 0 aliphatic carbocycles. The molecular weight excluding hydrogens is 282 g/mol. The summed E-state index contributed by atoms with van der Waals surface area (Å²) < 4.78 is 31.8. The number of nitrogens with zero attached hydrogens (tertiary/aromatic N) is 2. The molecule has 0 aliphatic heterocycles. The molecule has 16 heavy (non-hydrogen) atoms. The van der Waals surface area contributed by atoms with Gasteiger partial charge in [0.15, 0.2) is 11.6 Å². The Morgan fingerprint density at radius 1 is 1.19 bits per heavy atom. The molecule has 82 valence electrons. The second kappa shape index (κ2) is 4.52. The van der Waals surface area contributed by atoms with Gasteiger partial charge in [0.1, 0.15) is 0 Å². The molecule has 1 heterocycles. The normalized spacial score (nSPS) is 10.2. The molecule has 0 unspecified atom stereocenters. The van der Waals surface area contributed by atoms with Gasteiger partial charge in [0.2, 0.25) is 11.7 Å². The molecule has 0 spiro atoms. The Kier molecular flexibility index (Phi) is 3.09. The van der Waals surface area contributed by atoms with Gasteiger partial charge in [0, 0.05) is 16.9 Å². The first-order valence-electron chi connectivity index (χ1n) is 4.25. The molecule has 0 amide bonds. The monoisotopic (exact) mass is 286 g/mol. The van der Waals surface area contributed by atoms with Crippen LogP contribution in [0.25, 0.3) is 0 Å². The quantitative estimate of drug-likeness (QED) is 0.795. The largest absolute Gasteiger partial charge is 0.434 e. The van der Waals surface area contributed by atoms with E-state index >= 15 is 0 Å². The molecule has 0 aliphatic rings. The number of hydrogen-bond donors (Lipinski definition) is 0. The molecule has 2 rings (SSSR count). The highest BCUT2D eigenvalue weighted by Gasteiger charge is 2.12. The van der Waals surface area contributed by atoms with Gasteiger partial charge >= 0.3 is 0 Å². The van der Waals surface area contributed by atoms with Gasteiger partial charge in [-0.1, -0.05) is 15.9 Å². The number of ether oxygens (including phenoxy) is 1. The zero-order valence-corrected chi connectivity index (χ0v) is 9.41. The summed E-state index contributed by atoms with van der Waals surface area (Å²) in [4.78, 5) is 7.53. The van der Waals surface area contributed by atoms with Gasteiger partial charge in [-0.2, -0.15) is 4.39 Å². The summed E-state index contributed by atoms with van der Waals surface area (Å²) in [6.45, 7) is 0. The topological polar surface area (TPSA) is 35.0 Å². The Balaban J connectivity index is 2.35. The van der Waals surface area contributed by atoms with Gasteiger partial charge in [-0.05, 0) is 12.1 Å². The first-order chi connectivity index (χ1) is 7.66. The van der Waals surface area contributed by atoms with Crippen LogP contribution in [0.3, 0.4) is 0 Å². The van der Waals surface area contributed by atoms with E-state index in [9.17, 15) is 8.78 Å². The van der Waals surface area contributed by atoms with Crippen molar-refractivity contribution in [2.75, 3.05) is 0 Å². The van der Waals surface area contributed by atoms with Gasteiger partial charge < -0.3 is 4.74 Å². The highest BCUT2D eigenvalue weighted by Crippen LogP contribution is 2.28.